The molecule has 0 aromatic rings. The zero-order valence-corrected chi connectivity index (χ0v) is 12.6. The summed E-state index contributed by atoms with van der Waals surface area (Å²) < 4.78 is 0. The summed E-state index contributed by atoms with van der Waals surface area (Å²) in [7, 11) is 2.37. The number of fused-ring (bicyclic) bond motifs is 2. The minimum atomic E-state index is 0. The molecular formula is C15H29ClN2. The van der Waals surface area contributed by atoms with Gasteiger partial charge in [-0.1, -0.05) is 25.7 Å². The van der Waals surface area contributed by atoms with Gasteiger partial charge in [-0.05, 0) is 51.6 Å². The van der Waals surface area contributed by atoms with E-state index in [-0.39, 0.29) is 12.4 Å². The molecule has 2 aliphatic heterocycles. The van der Waals surface area contributed by atoms with E-state index in [2.05, 4.69) is 17.3 Å². The van der Waals surface area contributed by atoms with Crippen molar-refractivity contribution in [3.63, 3.8) is 0 Å². The fraction of sp³-hybridized carbons (Fsp3) is 1.00. The summed E-state index contributed by atoms with van der Waals surface area (Å²) in [6.45, 7) is 1.34. The summed E-state index contributed by atoms with van der Waals surface area (Å²) in [5, 5.41) is 3.75. The maximum atomic E-state index is 3.75. The van der Waals surface area contributed by atoms with Crippen LogP contribution >= 0.6 is 12.4 Å². The molecule has 0 radical (unpaired) electrons. The lowest BCUT2D eigenvalue weighted by Crippen LogP contribution is -2.47. The van der Waals surface area contributed by atoms with E-state index in [1.807, 2.05) is 0 Å². The molecule has 1 N–H and O–H groups in total. The molecule has 1 aliphatic carbocycles. The van der Waals surface area contributed by atoms with Gasteiger partial charge in [-0.15, -0.1) is 12.4 Å². The van der Waals surface area contributed by atoms with Crippen molar-refractivity contribution in [1.82, 2.24) is 10.2 Å². The van der Waals surface area contributed by atoms with Crippen molar-refractivity contribution in [2.24, 2.45) is 5.92 Å². The number of hydrogen-bond acceptors (Lipinski definition) is 2. The standard InChI is InChI=1S/C15H28N2.ClH/c1-17(9-8-12-4-2-3-5-12)15-10-13-6-7-14(11-15)16-13;/h12-16H,2-11H2,1H3;1H. The van der Waals surface area contributed by atoms with Gasteiger partial charge in [0, 0.05) is 18.1 Å². The SMILES string of the molecule is CN(CCC1CCCC1)C1CC2CCC(C1)N2.Cl. The van der Waals surface area contributed by atoms with Crippen molar-refractivity contribution >= 4 is 12.4 Å². The molecule has 2 heterocycles. The molecule has 0 amide bonds. The average Bonchev–Trinajstić information content (AvgIpc) is 2.96. The molecule has 3 aliphatic rings. The molecule has 0 aromatic heterocycles. The highest BCUT2D eigenvalue weighted by atomic mass is 35.5. The fourth-order valence-electron chi connectivity index (χ4n) is 4.25. The molecule has 0 spiro atoms. The van der Waals surface area contributed by atoms with Crippen LogP contribution in [0.25, 0.3) is 0 Å². The molecule has 2 saturated heterocycles. The van der Waals surface area contributed by atoms with Crippen molar-refractivity contribution in [2.45, 2.75) is 75.9 Å². The monoisotopic (exact) mass is 272 g/mol. The van der Waals surface area contributed by atoms with Crippen molar-refractivity contribution < 1.29 is 0 Å². The number of piperidine rings is 1. The number of nitrogens with one attached hydrogen (secondary N) is 1. The van der Waals surface area contributed by atoms with E-state index in [1.54, 1.807) is 0 Å². The Morgan fingerprint density at radius 1 is 1.00 bits per heavy atom. The highest BCUT2D eigenvalue weighted by Gasteiger charge is 2.34. The van der Waals surface area contributed by atoms with E-state index >= 15 is 0 Å². The summed E-state index contributed by atoms with van der Waals surface area (Å²) in [4.78, 5) is 2.67. The van der Waals surface area contributed by atoms with Crippen molar-refractivity contribution in [3.05, 3.63) is 0 Å². The molecule has 3 rings (SSSR count). The van der Waals surface area contributed by atoms with Gasteiger partial charge in [0.1, 0.15) is 0 Å². The van der Waals surface area contributed by atoms with Crippen LogP contribution in [0.5, 0.6) is 0 Å². The summed E-state index contributed by atoms with van der Waals surface area (Å²) in [5.74, 6) is 1.05. The molecule has 1 saturated carbocycles. The van der Waals surface area contributed by atoms with Gasteiger partial charge in [-0.25, -0.2) is 0 Å². The Morgan fingerprint density at radius 3 is 2.22 bits per heavy atom. The van der Waals surface area contributed by atoms with Crippen molar-refractivity contribution in [1.29, 1.82) is 0 Å². The van der Waals surface area contributed by atoms with Gasteiger partial charge in [0.2, 0.25) is 0 Å². The third-order valence-corrected chi connectivity index (χ3v) is 5.44. The highest BCUT2D eigenvalue weighted by molar-refractivity contribution is 5.85. The van der Waals surface area contributed by atoms with Gasteiger partial charge < -0.3 is 10.2 Å². The van der Waals surface area contributed by atoms with E-state index in [9.17, 15) is 0 Å². The Kier molecular flexibility index (Phi) is 5.35. The van der Waals surface area contributed by atoms with E-state index in [0.29, 0.717) is 0 Å². The summed E-state index contributed by atoms with van der Waals surface area (Å²) in [6.07, 6.45) is 13.1. The summed E-state index contributed by atoms with van der Waals surface area (Å²) in [6, 6.07) is 2.55. The van der Waals surface area contributed by atoms with Gasteiger partial charge in [-0.2, -0.15) is 0 Å². The van der Waals surface area contributed by atoms with E-state index in [1.165, 1.54) is 64.3 Å². The second-order valence-corrected chi connectivity index (χ2v) is 6.68. The van der Waals surface area contributed by atoms with Crippen LogP contribution in [0.2, 0.25) is 0 Å². The van der Waals surface area contributed by atoms with E-state index in [0.717, 1.165) is 24.0 Å². The molecule has 2 bridgehead atoms. The first-order valence-electron chi connectivity index (χ1n) is 7.77. The van der Waals surface area contributed by atoms with Crippen LogP contribution in [0.4, 0.5) is 0 Å². The molecule has 3 heteroatoms. The molecule has 2 atom stereocenters. The first-order chi connectivity index (χ1) is 8.31. The van der Waals surface area contributed by atoms with Crippen LogP contribution < -0.4 is 5.32 Å². The van der Waals surface area contributed by atoms with Crippen LogP contribution in [0, 0.1) is 5.92 Å². The van der Waals surface area contributed by atoms with Crippen LogP contribution in [-0.4, -0.2) is 36.6 Å². The highest BCUT2D eigenvalue weighted by Crippen LogP contribution is 2.31. The van der Waals surface area contributed by atoms with Crippen LogP contribution in [0.1, 0.15) is 57.8 Å². The smallest absolute Gasteiger partial charge is 0.0122 e. The Hall–Kier alpha value is 0.210. The minimum absolute atomic E-state index is 0. The van der Waals surface area contributed by atoms with Crippen LogP contribution in [0.3, 0.4) is 0 Å². The van der Waals surface area contributed by atoms with Crippen LogP contribution in [0.15, 0.2) is 0 Å². The van der Waals surface area contributed by atoms with Gasteiger partial charge in [-0.3, -0.25) is 0 Å². The number of halogens is 1. The largest absolute Gasteiger partial charge is 0.311 e. The number of rotatable bonds is 4. The Morgan fingerprint density at radius 2 is 1.61 bits per heavy atom. The Labute approximate surface area is 118 Å². The number of nitrogens with zero attached hydrogens (tertiary/aromatic N) is 1. The molecule has 2 nitrogen and oxygen atoms in total. The maximum Gasteiger partial charge on any atom is 0.0122 e. The normalized spacial score (nSPS) is 36.0. The lowest BCUT2D eigenvalue weighted by atomic mass is 9.97. The quantitative estimate of drug-likeness (QED) is 0.846. The van der Waals surface area contributed by atoms with Gasteiger partial charge in [0.05, 0.1) is 0 Å². The lowest BCUT2D eigenvalue weighted by molar-refractivity contribution is 0.163. The maximum absolute atomic E-state index is 3.75. The first-order valence-corrected chi connectivity index (χ1v) is 7.77. The van der Waals surface area contributed by atoms with E-state index < -0.39 is 0 Å². The second kappa shape index (κ2) is 6.58. The molecule has 2 unspecified atom stereocenters. The fourth-order valence-corrected chi connectivity index (χ4v) is 4.25. The van der Waals surface area contributed by atoms with Crippen molar-refractivity contribution in [3.8, 4) is 0 Å². The van der Waals surface area contributed by atoms with Gasteiger partial charge in [0.25, 0.3) is 0 Å². The third kappa shape index (κ3) is 3.40. The lowest BCUT2D eigenvalue weighted by Gasteiger charge is -2.36. The van der Waals surface area contributed by atoms with Crippen molar-refractivity contribution in [2.75, 3.05) is 13.6 Å². The van der Waals surface area contributed by atoms with E-state index in [4.69, 9.17) is 0 Å². The minimum Gasteiger partial charge on any atom is -0.311 e. The molecule has 18 heavy (non-hydrogen) atoms. The molecule has 0 aromatic carbocycles. The predicted molar refractivity (Wildman–Crippen MR) is 79.4 cm³/mol. The zero-order valence-electron chi connectivity index (χ0n) is 11.7. The second-order valence-electron chi connectivity index (χ2n) is 6.68. The summed E-state index contributed by atoms with van der Waals surface area (Å²) in [5.41, 5.74) is 0. The average molecular weight is 273 g/mol. The zero-order chi connectivity index (χ0) is 11.7. The Balaban J connectivity index is 0.00000120. The molecule has 106 valence electrons. The molecule has 3 fully saturated rings. The van der Waals surface area contributed by atoms with Gasteiger partial charge >= 0.3 is 0 Å². The topological polar surface area (TPSA) is 15.3 Å². The Bertz CT molecular complexity index is 241. The number of hydrogen-bond donors (Lipinski definition) is 1. The molecular weight excluding hydrogens is 244 g/mol. The first kappa shape index (κ1) is 14.6. The third-order valence-electron chi connectivity index (χ3n) is 5.44. The van der Waals surface area contributed by atoms with Crippen LogP contribution in [-0.2, 0) is 0 Å². The predicted octanol–water partition coefficient (Wildman–Crippen LogP) is 3.20. The summed E-state index contributed by atoms with van der Waals surface area (Å²) >= 11 is 0. The van der Waals surface area contributed by atoms with Gasteiger partial charge in [0.15, 0.2) is 0 Å².